The van der Waals surface area contributed by atoms with Crippen molar-refractivity contribution in [3.63, 3.8) is 0 Å². The molecule has 1 aromatic carbocycles. The Hall–Kier alpha value is -2.83. The third-order valence-corrected chi connectivity index (χ3v) is 4.66. The minimum Gasteiger partial charge on any atom is -0.506 e. The van der Waals surface area contributed by atoms with Crippen molar-refractivity contribution < 1.29 is 24.2 Å². The lowest BCUT2D eigenvalue weighted by molar-refractivity contribution is 0.104. The summed E-state index contributed by atoms with van der Waals surface area (Å²) in [6, 6.07) is 5.07. The van der Waals surface area contributed by atoms with Gasteiger partial charge in [-0.25, -0.2) is 0 Å². The molecule has 2 N–H and O–H groups in total. The van der Waals surface area contributed by atoms with Crippen LogP contribution in [-0.2, 0) is 6.61 Å². The van der Waals surface area contributed by atoms with Gasteiger partial charge in [-0.3, -0.25) is 4.79 Å². The number of furan rings is 1. The van der Waals surface area contributed by atoms with E-state index in [-0.39, 0.29) is 23.7 Å². The Morgan fingerprint density at radius 1 is 1.44 bits per heavy atom. The zero-order valence-electron chi connectivity index (χ0n) is 15.4. The van der Waals surface area contributed by atoms with E-state index in [0.717, 1.165) is 25.1 Å². The van der Waals surface area contributed by atoms with Gasteiger partial charge in [0.15, 0.2) is 5.78 Å². The van der Waals surface area contributed by atoms with E-state index < -0.39 is 5.78 Å². The molecule has 0 saturated carbocycles. The van der Waals surface area contributed by atoms with Crippen LogP contribution in [-0.4, -0.2) is 48.1 Å². The van der Waals surface area contributed by atoms with E-state index in [9.17, 15) is 15.0 Å². The molecule has 0 atom stereocenters. The Kier molecular flexibility index (Phi) is 5.78. The van der Waals surface area contributed by atoms with E-state index in [1.54, 1.807) is 18.2 Å². The molecule has 1 aliphatic heterocycles. The van der Waals surface area contributed by atoms with E-state index in [1.807, 2.05) is 13.1 Å². The summed E-state index contributed by atoms with van der Waals surface area (Å²) in [5.41, 5.74) is 2.04. The third-order valence-electron chi connectivity index (χ3n) is 4.66. The molecule has 2 heterocycles. The standard InChI is InChI=1S/C21H23NO5/c1-22-9-7-14(8-10-22)19-15(13-23)12-18(26-2)20(21(19)25)17(24)6-5-16-4-3-11-27-16/h3-7,11-12,23,25H,8-10,13H2,1-2H3/b6-5+. The minimum absolute atomic E-state index is 0.0762. The summed E-state index contributed by atoms with van der Waals surface area (Å²) in [5, 5.41) is 20.7. The lowest BCUT2D eigenvalue weighted by Crippen LogP contribution is -2.24. The fourth-order valence-corrected chi connectivity index (χ4v) is 3.20. The number of ketones is 1. The Morgan fingerprint density at radius 2 is 2.26 bits per heavy atom. The minimum atomic E-state index is -0.403. The molecule has 27 heavy (non-hydrogen) atoms. The Labute approximate surface area is 158 Å². The molecule has 0 radical (unpaired) electrons. The maximum absolute atomic E-state index is 12.8. The molecule has 0 spiro atoms. The molecule has 0 fully saturated rings. The summed E-state index contributed by atoms with van der Waals surface area (Å²) in [6.45, 7) is 1.32. The number of aliphatic hydroxyl groups excluding tert-OH is 1. The van der Waals surface area contributed by atoms with Gasteiger partial charge in [0.1, 0.15) is 22.8 Å². The lowest BCUT2D eigenvalue weighted by atomic mass is 9.90. The van der Waals surface area contributed by atoms with Crippen LogP contribution in [0.5, 0.6) is 11.5 Å². The summed E-state index contributed by atoms with van der Waals surface area (Å²) in [4.78, 5) is 14.9. The van der Waals surface area contributed by atoms with Crippen LogP contribution in [0.3, 0.4) is 0 Å². The second-order valence-corrected chi connectivity index (χ2v) is 6.45. The summed E-state index contributed by atoms with van der Waals surface area (Å²) in [5.74, 6) is 0.193. The van der Waals surface area contributed by atoms with Crippen molar-refractivity contribution >= 4 is 17.4 Å². The molecule has 142 valence electrons. The highest BCUT2D eigenvalue weighted by Crippen LogP contribution is 2.40. The molecule has 1 aliphatic rings. The number of hydrogen-bond acceptors (Lipinski definition) is 6. The predicted molar refractivity (Wildman–Crippen MR) is 103 cm³/mol. The molecule has 0 unspecified atom stereocenters. The molecule has 1 aromatic heterocycles. The van der Waals surface area contributed by atoms with Crippen LogP contribution in [0.4, 0.5) is 0 Å². The van der Waals surface area contributed by atoms with Crippen LogP contribution < -0.4 is 4.74 Å². The number of phenolic OH excluding ortho intramolecular Hbond substituents is 1. The number of carbonyl (C=O) groups excluding carboxylic acids is 1. The van der Waals surface area contributed by atoms with Crippen molar-refractivity contribution in [2.45, 2.75) is 13.0 Å². The number of carbonyl (C=O) groups is 1. The molecule has 0 aliphatic carbocycles. The lowest BCUT2D eigenvalue weighted by Gasteiger charge is -2.25. The SMILES string of the molecule is COc1cc(CO)c(C2=CCN(C)CC2)c(O)c1C(=O)/C=C/c1ccco1. The first-order chi connectivity index (χ1) is 13.0. The maximum atomic E-state index is 12.8. The molecule has 0 bridgehead atoms. The van der Waals surface area contributed by atoms with Gasteiger partial charge in [-0.15, -0.1) is 0 Å². The van der Waals surface area contributed by atoms with E-state index >= 15 is 0 Å². The first kappa shape index (κ1) is 18.9. The monoisotopic (exact) mass is 369 g/mol. The second kappa shape index (κ2) is 8.24. The number of ether oxygens (including phenoxy) is 1. The number of likely N-dealkylation sites (N-methyl/N-ethyl adjacent to an activating group) is 1. The average molecular weight is 369 g/mol. The second-order valence-electron chi connectivity index (χ2n) is 6.45. The first-order valence-electron chi connectivity index (χ1n) is 8.72. The van der Waals surface area contributed by atoms with Crippen molar-refractivity contribution in [2.24, 2.45) is 0 Å². The zero-order chi connectivity index (χ0) is 19.4. The zero-order valence-corrected chi connectivity index (χ0v) is 15.4. The van der Waals surface area contributed by atoms with Crippen molar-refractivity contribution in [3.05, 3.63) is 59.1 Å². The Bertz CT molecular complexity index is 880. The smallest absolute Gasteiger partial charge is 0.193 e. The Balaban J connectivity index is 2.07. The van der Waals surface area contributed by atoms with Gasteiger partial charge in [0.05, 0.1) is 20.0 Å². The van der Waals surface area contributed by atoms with Crippen LogP contribution in [0.1, 0.15) is 33.7 Å². The molecule has 0 saturated heterocycles. The van der Waals surface area contributed by atoms with Crippen molar-refractivity contribution in [3.8, 4) is 11.5 Å². The fourth-order valence-electron chi connectivity index (χ4n) is 3.20. The first-order valence-corrected chi connectivity index (χ1v) is 8.72. The number of benzene rings is 1. The molecule has 3 rings (SSSR count). The van der Waals surface area contributed by atoms with E-state index in [4.69, 9.17) is 9.15 Å². The van der Waals surface area contributed by atoms with E-state index in [2.05, 4.69) is 4.90 Å². The van der Waals surface area contributed by atoms with Crippen LogP contribution in [0.25, 0.3) is 11.6 Å². The Morgan fingerprint density at radius 3 is 2.85 bits per heavy atom. The van der Waals surface area contributed by atoms with Crippen LogP contribution in [0, 0.1) is 0 Å². The number of aliphatic hydroxyl groups is 1. The normalized spacial score (nSPS) is 15.1. The number of aromatic hydroxyl groups is 1. The number of phenols is 1. The number of allylic oxidation sites excluding steroid dienone is 1. The largest absolute Gasteiger partial charge is 0.506 e. The fraction of sp³-hybridized carbons (Fsp3) is 0.286. The van der Waals surface area contributed by atoms with Gasteiger partial charge in [0, 0.05) is 18.7 Å². The van der Waals surface area contributed by atoms with Crippen LogP contribution in [0.2, 0.25) is 0 Å². The molecule has 6 nitrogen and oxygen atoms in total. The van der Waals surface area contributed by atoms with Gasteiger partial charge in [0.25, 0.3) is 0 Å². The van der Waals surface area contributed by atoms with Crippen LogP contribution in [0.15, 0.2) is 41.0 Å². The van der Waals surface area contributed by atoms with Gasteiger partial charge < -0.3 is 24.3 Å². The molecular formula is C21H23NO5. The number of rotatable bonds is 6. The van der Waals surface area contributed by atoms with Gasteiger partial charge >= 0.3 is 0 Å². The summed E-state index contributed by atoms with van der Waals surface area (Å²) in [6.07, 6.45) is 7.12. The number of methoxy groups -OCH3 is 1. The topological polar surface area (TPSA) is 83.1 Å². The van der Waals surface area contributed by atoms with Crippen LogP contribution >= 0.6 is 0 Å². The van der Waals surface area contributed by atoms with E-state index in [0.29, 0.717) is 16.9 Å². The molecular weight excluding hydrogens is 346 g/mol. The summed E-state index contributed by atoms with van der Waals surface area (Å²) >= 11 is 0. The van der Waals surface area contributed by atoms with Gasteiger partial charge in [-0.2, -0.15) is 0 Å². The van der Waals surface area contributed by atoms with Gasteiger partial charge in [-0.1, -0.05) is 6.08 Å². The predicted octanol–water partition coefficient (Wildman–Crippen LogP) is 3.10. The van der Waals surface area contributed by atoms with Gasteiger partial charge in [-0.05, 0) is 55.0 Å². The number of hydrogen-bond donors (Lipinski definition) is 2. The summed E-state index contributed by atoms with van der Waals surface area (Å²) < 4.78 is 10.5. The molecule has 6 heteroatoms. The highest BCUT2D eigenvalue weighted by atomic mass is 16.5. The quantitative estimate of drug-likeness (QED) is 0.601. The maximum Gasteiger partial charge on any atom is 0.193 e. The highest BCUT2D eigenvalue weighted by Gasteiger charge is 2.25. The third kappa shape index (κ3) is 3.97. The average Bonchev–Trinajstić information content (AvgIpc) is 3.19. The molecule has 2 aromatic rings. The van der Waals surface area contributed by atoms with Crippen molar-refractivity contribution in [2.75, 3.05) is 27.2 Å². The number of nitrogens with zero attached hydrogens (tertiary/aromatic N) is 1. The van der Waals surface area contributed by atoms with E-state index in [1.165, 1.54) is 25.5 Å². The molecule has 0 amide bonds. The van der Waals surface area contributed by atoms with Crippen molar-refractivity contribution in [1.82, 2.24) is 4.90 Å². The summed E-state index contributed by atoms with van der Waals surface area (Å²) in [7, 11) is 3.44. The highest BCUT2D eigenvalue weighted by molar-refractivity contribution is 6.11. The van der Waals surface area contributed by atoms with Crippen molar-refractivity contribution in [1.29, 1.82) is 0 Å². The van der Waals surface area contributed by atoms with Gasteiger partial charge in [0.2, 0.25) is 0 Å².